The van der Waals surface area contributed by atoms with Gasteiger partial charge in [-0.05, 0) is 69.4 Å². The molecule has 0 unspecified atom stereocenters. The lowest BCUT2D eigenvalue weighted by atomic mass is 9.73. The Morgan fingerprint density at radius 1 is 1.16 bits per heavy atom. The lowest BCUT2D eigenvalue weighted by Crippen LogP contribution is -2.56. The Labute approximate surface area is 150 Å². The summed E-state index contributed by atoms with van der Waals surface area (Å²) < 4.78 is 0. The number of nitrogens with one attached hydrogen (secondary N) is 1. The number of carbonyl (C=O) groups excluding carboxylic acids is 1. The fourth-order valence-electron chi connectivity index (χ4n) is 5.02. The molecule has 3 aliphatic heterocycles. The molecule has 1 amide bonds. The van der Waals surface area contributed by atoms with Crippen molar-refractivity contribution in [2.45, 2.75) is 51.1 Å². The van der Waals surface area contributed by atoms with E-state index in [0.29, 0.717) is 17.7 Å². The molecule has 3 aliphatic rings. The van der Waals surface area contributed by atoms with E-state index in [4.69, 9.17) is 0 Å². The Bertz CT molecular complexity index is 587. The van der Waals surface area contributed by atoms with Gasteiger partial charge >= 0.3 is 0 Å². The number of carbonyl (C=O) groups is 1. The first-order valence-electron chi connectivity index (χ1n) is 9.86. The van der Waals surface area contributed by atoms with E-state index in [1.165, 1.54) is 44.3 Å². The van der Waals surface area contributed by atoms with Crippen LogP contribution in [0, 0.1) is 5.41 Å². The van der Waals surface area contributed by atoms with Gasteiger partial charge in [0, 0.05) is 49.9 Å². The lowest BCUT2D eigenvalue weighted by Gasteiger charge is -2.50. The van der Waals surface area contributed by atoms with Gasteiger partial charge in [-0.2, -0.15) is 0 Å². The van der Waals surface area contributed by atoms with Crippen LogP contribution in [0.3, 0.4) is 0 Å². The van der Waals surface area contributed by atoms with Gasteiger partial charge < -0.3 is 10.2 Å². The summed E-state index contributed by atoms with van der Waals surface area (Å²) >= 11 is 0. The van der Waals surface area contributed by atoms with E-state index in [1.807, 2.05) is 24.5 Å². The minimum absolute atomic E-state index is 0.310. The quantitative estimate of drug-likeness (QED) is 0.913. The summed E-state index contributed by atoms with van der Waals surface area (Å²) in [6.07, 6.45) is 10.5. The molecular weight excluding hydrogens is 312 g/mol. The van der Waals surface area contributed by atoms with Gasteiger partial charge in [0.05, 0.1) is 0 Å². The smallest absolute Gasteiger partial charge is 0.222 e. The molecule has 0 radical (unpaired) electrons. The predicted molar refractivity (Wildman–Crippen MR) is 98.0 cm³/mol. The molecule has 4 rings (SSSR count). The predicted octanol–water partition coefficient (Wildman–Crippen LogP) is 2.04. The van der Waals surface area contributed by atoms with E-state index in [-0.39, 0.29) is 0 Å². The molecule has 4 heterocycles. The first-order chi connectivity index (χ1) is 12.2. The highest BCUT2D eigenvalue weighted by Gasteiger charge is 2.42. The maximum atomic E-state index is 12.5. The third kappa shape index (κ3) is 3.87. The van der Waals surface area contributed by atoms with Crippen molar-refractivity contribution in [1.29, 1.82) is 0 Å². The van der Waals surface area contributed by atoms with Crippen LogP contribution in [0.25, 0.3) is 0 Å². The van der Waals surface area contributed by atoms with Crippen molar-refractivity contribution in [1.82, 2.24) is 20.1 Å². The molecular formula is C20H30N4O. The van der Waals surface area contributed by atoms with Crippen LogP contribution in [0.2, 0.25) is 0 Å². The Balaban J connectivity index is 1.44. The zero-order valence-corrected chi connectivity index (χ0v) is 15.1. The standard InChI is InChI=1S/C20H30N4O/c25-19-2-8-20(16-24(19)14-17-3-9-21-10-4-17)7-1-13-23(15-20)18-5-11-22-12-6-18/h3-4,9-10,18,22H,1-2,5-8,11-16H2/t20-/m1/s1. The van der Waals surface area contributed by atoms with Gasteiger partial charge in [-0.1, -0.05) is 0 Å². The molecule has 0 bridgehead atoms. The Morgan fingerprint density at radius 3 is 2.76 bits per heavy atom. The highest BCUT2D eigenvalue weighted by atomic mass is 16.2. The zero-order valence-electron chi connectivity index (χ0n) is 15.1. The number of amides is 1. The minimum Gasteiger partial charge on any atom is -0.338 e. The van der Waals surface area contributed by atoms with Crippen molar-refractivity contribution < 1.29 is 4.79 Å². The first-order valence-corrected chi connectivity index (χ1v) is 9.86. The SMILES string of the molecule is O=C1CC[C@@]2(CCCN(C3CCNCC3)C2)CN1Cc1ccncc1. The van der Waals surface area contributed by atoms with Crippen LogP contribution < -0.4 is 5.32 Å². The molecule has 0 aromatic carbocycles. The van der Waals surface area contributed by atoms with Gasteiger partial charge in [0.2, 0.25) is 5.91 Å². The number of likely N-dealkylation sites (tertiary alicyclic amines) is 2. The van der Waals surface area contributed by atoms with Gasteiger partial charge in [0.25, 0.3) is 0 Å². The van der Waals surface area contributed by atoms with E-state index < -0.39 is 0 Å². The Hall–Kier alpha value is -1.46. The van der Waals surface area contributed by atoms with Crippen LogP contribution in [0.15, 0.2) is 24.5 Å². The maximum absolute atomic E-state index is 12.5. The summed E-state index contributed by atoms with van der Waals surface area (Å²) in [6, 6.07) is 4.79. The van der Waals surface area contributed by atoms with E-state index in [9.17, 15) is 4.79 Å². The number of piperidine rings is 3. The topological polar surface area (TPSA) is 48.5 Å². The Morgan fingerprint density at radius 2 is 1.96 bits per heavy atom. The van der Waals surface area contributed by atoms with Gasteiger partial charge in [0.15, 0.2) is 0 Å². The van der Waals surface area contributed by atoms with E-state index in [1.54, 1.807) is 0 Å². The number of aromatic nitrogens is 1. The molecule has 3 fully saturated rings. The monoisotopic (exact) mass is 342 g/mol. The van der Waals surface area contributed by atoms with Crippen LogP contribution in [-0.4, -0.2) is 59.5 Å². The number of rotatable bonds is 3. The Kier molecular flexibility index (Phi) is 5.04. The van der Waals surface area contributed by atoms with Crippen molar-refractivity contribution in [2.75, 3.05) is 32.7 Å². The number of hydrogen-bond acceptors (Lipinski definition) is 4. The molecule has 5 nitrogen and oxygen atoms in total. The zero-order chi connectivity index (χ0) is 17.1. The second-order valence-electron chi connectivity index (χ2n) is 8.16. The molecule has 3 saturated heterocycles. The molecule has 25 heavy (non-hydrogen) atoms. The van der Waals surface area contributed by atoms with Gasteiger partial charge in [-0.25, -0.2) is 0 Å². The molecule has 1 spiro atoms. The van der Waals surface area contributed by atoms with E-state index >= 15 is 0 Å². The van der Waals surface area contributed by atoms with Crippen molar-refractivity contribution >= 4 is 5.91 Å². The summed E-state index contributed by atoms with van der Waals surface area (Å²) in [5, 5.41) is 3.48. The summed E-state index contributed by atoms with van der Waals surface area (Å²) in [5.41, 5.74) is 1.50. The van der Waals surface area contributed by atoms with E-state index in [0.717, 1.165) is 38.6 Å². The van der Waals surface area contributed by atoms with Crippen LogP contribution in [0.5, 0.6) is 0 Å². The first kappa shape index (κ1) is 17.0. The van der Waals surface area contributed by atoms with Crippen molar-refractivity contribution in [2.24, 2.45) is 5.41 Å². The summed E-state index contributed by atoms with van der Waals surface area (Å²) in [5.74, 6) is 0.321. The van der Waals surface area contributed by atoms with Crippen molar-refractivity contribution in [3.05, 3.63) is 30.1 Å². The molecule has 1 N–H and O–H groups in total. The van der Waals surface area contributed by atoms with Crippen molar-refractivity contribution in [3.8, 4) is 0 Å². The molecule has 136 valence electrons. The largest absolute Gasteiger partial charge is 0.338 e. The van der Waals surface area contributed by atoms with Crippen LogP contribution >= 0.6 is 0 Å². The van der Waals surface area contributed by atoms with Crippen LogP contribution in [-0.2, 0) is 11.3 Å². The number of hydrogen-bond donors (Lipinski definition) is 1. The van der Waals surface area contributed by atoms with Gasteiger partial charge in [0.1, 0.15) is 0 Å². The molecule has 5 heteroatoms. The van der Waals surface area contributed by atoms with Gasteiger partial charge in [-0.3, -0.25) is 14.7 Å². The number of nitrogens with zero attached hydrogens (tertiary/aromatic N) is 3. The van der Waals surface area contributed by atoms with Crippen LogP contribution in [0.4, 0.5) is 0 Å². The summed E-state index contributed by atoms with van der Waals surface area (Å²) in [6.45, 7) is 6.39. The minimum atomic E-state index is 0.310. The second kappa shape index (κ2) is 7.42. The molecule has 1 atom stereocenters. The highest BCUT2D eigenvalue weighted by Crippen LogP contribution is 2.40. The maximum Gasteiger partial charge on any atom is 0.222 e. The highest BCUT2D eigenvalue weighted by molar-refractivity contribution is 5.77. The lowest BCUT2D eigenvalue weighted by molar-refractivity contribution is -0.140. The third-order valence-corrected chi connectivity index (χ3v) is 6.39. The normalized spacial score (nSPS) is 29.3. The molecule has 1 aromatic heterocycles. The molecule has 1 aromatic rings. The van der Waals surface area contributed by atoms with Crippen molar-refractivity contribution in [3.63, 3.8) is 0 Å². The fraction of sp³-hybridized carbons (Fsp3) is 0.700. The summed E-state index contributed by atoms with van der Waals surface area (Å²) in [7, 11) is 0. The fourth-order valence-corrected chi connectivity index (χ4v) is 5.02. The second-order valence-corrected chi connectivity index (χ2v) is 8.16. The summed E-state index contributed by atoms with van der Waals surface area (Å²) in [4.78, 5) is 21.4. The molecule has 0 aliphatic carbocycles. The van der Waals surface area contributed by atoms with E-state index in [2.05, 4.69) is 20.1 Å². The van der Waals surface area contributed by atoms with Gasteiger partial charge in [-0.15, -0.1) is 0 Å². The average Bonchev–Trinajstić information content (AvgIpc) is 2.67. The molecule has 0 saturated carbocycles. The van der Waals surface area contributed by atoms with Crippen LogP contribution in [0.1, 0.15) is 44.1 Å². The third-order valence-electron chi connectivity index (χ3n) is 6.39. The average molecular weight is 342 g/mol. The number of pyridine rings is 1.